The SMILES string of the molecule is CNCCC1CCN(CC(=O)Nc2ccccc2C(C)(C)C)CC1.Cl. The summed E-state index contributed by atoms with van der Waals surface area (Å²) < 4.78 is 0. The van der Waals surface area contributed by atoms with Crippen LogP contribution in [0.2, 0.25) is 0 Å². The second kappa shape index (κ2) is 10.1. The number of hydrogen-bond donors (Lipinski definition) is 2. The van der Waals surface area contributed by atoms with E-state index in [2.05, 4.69) is 42.4 Å². The van der Waals surface area contributed by atoms with E-state index in [1.165, 1.54) is 24.8 Å². The molecule has 0 saturated carbocycles. The Kier molecular flexibility index (Phi) is 8.91. The van der Waals surface area contributed by atoms with E-state index in [4.69, 9.17) is 0 Å². The summed E-state index contributed by atoms with van der Waals surface area (Å²) in [6, 6.07) is 8.12. The van der Waals surface area contributed by atoms with Gasteiger partial charge in [-0.15, -0.1) is 12.4 Å². The number of carbonyl (C=O) groups is 1. The molecule has 2 N–H and O–H groups in total. The molecule has 1 saturated heterocycles. The third-order valence-electron chi connectivity index (χ3n) is 4.89. The van der Waals surface area contributed by atoms with Crippen LogP contribution in [-0.2, 0) is 10.2 Å². The predicted octanol–water partition coefficient (Wildman–Crippen LogP) is 3.67. The molecule has 5 heteroatoms. The summed E-state index contributed by atoms with van der Waals surface area (Å²) >= 11 is 0. The molecule has 1 amide bonds. The number of anilines is 1. The van der Waals surface area contributed by atoms with Gasteiger partial charge < -0.3 is 10.6 Å². The van der Waals surface area contributed by atoms with Gasteiger partial charge in [0.1, 0.15) is 0 Å². The molecule has 0 unspecified atom stereocenters. The number of hydrogen-bond acceptors (Lipinski definition) is 3. The van der Waals surface area contributed by atoms with E-state index >= 15 is 0 Å². The van der Waals surface area contributed by atoms with E-state index in [1.54, 1.807) is 0 Å². The zero-order chi connectivity index (χ0) is 17.6. The Bertz CT molecular complexity index is 534. The summed E-state index contributed by atoms with van der Waals surface area (Å²) in [6.07, 6.45) is 3.65. The van der Waals surface area contributed by atoms with Crippen LogP contribution in [0.1, 0.15) is 45.6 Å². The van der Waals surface area contributed by atoms with Crippen molar-refractivity contribution in [2.24, 2.45) is 5.92 Å². The van der Waals surface area contributed by atoms with E-state index in [1.807, 2.05) is 25.2 Å². The van der Waals surface area contributed by atoms with Crippen LogP contribution < -0.4 is 10.6 Å². The summed E-state index contributed by atoms with van der Waals surface area (Å²) in [6.45, 7) is 10.2. The van der Waals surface area contributed by atoms with E-state index in [-0.39, 0.29) is 23.7 Å². The molecule has 0 bridgehead atoms. The highest BCUT2D eigenvalue weighted by Crippen LogP contribution is 2.29. The lowest BCUT2D eigenvalue weighted by molar-refractivity contribution is -0.117. The maximum Gasteiger partial charge on any atom is 0.238 e. The van der Waals surface area contributed by atoms with Gasteiger partial charge in [-0.25, -0.2) is 0 Å². The van der Waals surface area contributed by atoms with Crippen molar-refractivity contribution in [1.82, 2.24) is 10.2 Å². The van der Waals surface area contributed by atoms with E-state index in [0.717, 1.165) is 31.2 Å². The average molecular weight is 368 g/mol. The lowest BCUT2D eigenvalue weighted by Gasteiger charge is -2.31. The van der Waals surface area contributed by atoms with Crippen molar-refractivity contribution in [2.45, 2.75) is 45.4 Å². The minimum absolute atomic E-state index is 0. The molecular weight excluding hydrogens is 334 g/mol. The molecule has 0 radical (unpaired) electrons. The fourth-order valence-corrected chi connectivity index (χ4v) is 3.42. The monoisotopic (exact) mass is 367 g/mol. The van der Waals surface area contributed by atoms with Gasteiger partial charge in [0.25, 0.3) is 0 Å². The van der Waals surface area contributed by atoms with Crippen molar-refractivity contribution in [3.63, 3.8) is 0 Å². The third-order valence-corrected chi connectivity index (χ3v) is 4.89. The van der Waals surface area contributed by atoms with E-state index in [0.29, 0.717) is 6.54 Å². The van der Waals surface area contributed by atoms with Crippen LogP contribution in [0.25, 0.3) is 0 Å². The van der Waals surface area contributed by atoms with Gasteiger partial charge in [0.05, 0.1) is 6.54 Å². The van der Waals surface area contributed by atoms with Gasteiger partial charge in [-0.05, 0) is 68.9 Å². The molecule has 4 nitrogen and oxygen atoms in total. The number of rotatable bonds is 6. The van der Waals surface area contributed by atoms with E-state index < -0.39 is 0 Å². The number of likely N-dealkylation sites (tertiary alicyclic amines) is 1. The Labute approximate surface area is 159 Å². The average Bonchev–Trinajstić information content (AvgIpc) is 2.53. The molecule has 142 valence electrons. The molecule has 0 aromatic heterocycles. The van der Waals surface area contributed by atoms with Crippen molar-refractivity contribution < 1.29 is 4.79 Å². The zero-order valence-electron chi connectivity index (χ0n) is 16.1. The molecule has 1 fully saturated rings. The third kappa shape index (κ3) is 6.96. The summed E-state index contributed by atoms with van der Waals surface area (Å²) in [5, 5.41) is 6.34. The Morgan fingerprint density at radius 3 is 2.44 bits per heavy atom. The molecule has 1 aromatic carbocycles. The Hall–Kier alpha value is -1.10. The summed E-state index contributed by atoms with van der Waals surface area (Å²) in [7, 11) is 2.01. The number of carbonyl (C=O) groups excluding carboxylic acids is 1. The van der Waals surface area contributed by atoms with E-state index in [9.17, 15) is 4.79 Å². The molecule has 1 heterocycles. The molecule has 1 aliphatic rings. The number of nitrogens with one attached hydrogen (secondary N) is 2. The Balaban J connectivity index is 0.00000312. The summed E-state index contributed by atoms with van der Waals surface area (Å²) in [5.41, 5.74) is 2.15. The Morgan fingerprint density at radius 2 is 1.84 bits per heavy atom. The highest BCUT2D eigenvalue weighted by molar-refractivity contribution is 5.93. The maximum atomic E-state index is 12.5. The van der Waals surface area contributed by atoms with Gasteiger partial charge >= 0.3 is 0 Å². The second-order valence-electron chi connectivity index (χ2n) is 7.96. The molecule has 0 atom stereocenters. The van der Waals surface area contributed by atoms with Crippen LogP contribution in [0, 0.1) is 5.92 Å². The maximum absolute atomic E-state index is 12.5. The molecule has 2 rings (SSSR count). The first kappa shape index (κ1) is 21.9. The highest BCUT2D eigenvalue weighted by atomic mass is 35.5. The van der Waals surface area contributed by atoms with Crippen LogP contribution in [0.5, 0.6) is 0 Å². The smallest absolute Gasteiger partial charge is 0.238 e. The standard InChI is InChI=1S/C20H33N3O.ClH/c1-20(2,3)17-7-5-6-8-18(17)22-19(24)15-23-13-10-16(11-14-23)9-12-21-4;/h5-8,16,21H,9-15H2,1-4H3,(H,22,24);1H. The number of amides is 1. The number of halogens is 1. The zero-order valence-corrected chi connectivity index (χ0v) is 16.9. The fourth-order valence-electron chi connectivity index (χ4n) is 3.42. The molecule has 1 aromatic rings. The number of benzene rings is 1. The number of para-hydroxylation sites is 1. The number of piperidine rings is 1. The number of nitrogens with zero attached hydrogens (tertiary/aromatic N) is 1. The first-order chi connectivity index (χ1) is 11.4. The predicted molar refractivity (Wildman–Crippen MR) is 109 cm³/mol. The molecule has 0 spiro atoms. The Morgan fingerprint density at radius 1 is 1.20 bits per heavy atom. The van der Waals surface area contributed by atoms with Gasteiger partial charge in [-0.1, -0.05) is 39.0 Å². The summed E-state index contributed by atoms with van der Waals surface area (Å²) in [5.74, 6) is 0.902. The van der Waals surface area contributed by atoms with Gasteiger partial charge in [0.15, 0.2) is 0 Å². The minimum Gasteiger partial charge on any atom is -0.325 e. The van der Waals surface area contributed by atoms with Crippen molar-refractivity contribution in [1.29, 1.82) is 0 Å². The van der Waals surface area contributed by atoms with Crippen molar-refractivity contribution in [2.75, 3.05) is 38.5 Å². The molecule has 25 heavy (non-hydrogen) atoms. The second-order valence-corrected chi connectivity index (χ2v) is 7.96. The topological polar surface area (TPSA) is 44.4 Å². The van der Waals surface area contributed by atoms with Crippen LogP contribution >= 0.6 is 12.4 Å². The quantitative estimate of drug-likeness (QED) is 0.806. The first-order valence-corrected chi connectivity index (χ1v) is 9.16. The largest absolute Gasteiger partial charge is 0.325 e. The van der Waals surface area contributed by atoms with Crippen LogP contribution in [0.15, 0.2) is 24.3 Å². The van der Waals surface area contributed by atoms with Crippen molar-refractivity contribution in [3.8, 4) is 0 Å². The fraction of sp³-hybridized carbons (Fsp3) is 0.650. The van der Waals surface area contributed by atoms with Gasteiger partial charge in [0.2, 0.25) is 5.91 Å². The lowest BCUT2D eigenvalue weighted by atomic mass is 9.86. The molecular formula is C20H34ClN3O. The summed E-state index contributed by atoms with van der Waals surface area (Å²) in [4.78, 5) is 14.7. The lowest BCUT2D eigenvalue weighted by Crippen LogP contribution is -2.39. The van der Waals surface area contributed by atoms with Crippen molar-refractivity contribution >= 4 is 24.0 Å². The van der Waals surface area contributed by atoms with Gasteiger partial charge in [-0.2, -0.15) is 0 Å². The van der Waals surface area contributed by atoms with Crippen molar-refractivity contribution in [3.05, 3.63) is 29.8 Å². The van der Waals surface area contributed by atoms with Crippen LogP contribution in [0.3, 0.4) is 0 Å². The normalized spacial score (nSPS) is 16.3. The highest BCUT2D eigenvalue weighted by Gasteiger charge is 2.22. The first-order valence-electron chi connectivity index (χ1n) is 9.16. The van der Waals surface area contributed by atoms with Gasteiger partial charge in [0, 0.05) is 5.69 Å². The minimum atomic E-state index is 0. The van der Waals surface area contributed by atoms with Gasteiger partial charge in [-0.3, -0.25) is 9.69 Å². The molecule has 1 aliphatic heterocycles. The van der Waals surface area contributed by atoms with Crippen LogP contribution in [0.4, 0.5) is 5.69 Å². The van der Waals surface area contributed by atoms with Crippen LogP contribution in [-0.4, -0.2) is 44.0 Å². The molecule has 0 aliphatic carbocycles.